The van der Waals surface area contributed by atoms with Crippen molar-refractivity contribution in [1.82, 2.24) is 15.0 Å². The molecule has 0 bridgehead atoms. The highest BCUT2D eigenvalue weighted by atomic mass is 35.5. The van der Waals surface area contributed by atoms with E-state index in [1.54, 1.807) is 10.9 Å². The summed E-state index contributed by atoms with van der Waals surface area (Å²) in [5, 5.41) is 8.77. The Morgan fingerprint density at radius 1 is 1.12 bits per heavy atom. The molecule has 0 atom stereocenters. The molecule has 3 rings (SSSR count). The zero-order chi connectivity index (χ0) is 11.7. The quantitative estimate of drug-likeness (QED) is 0.696. The second kappa shape index (κ2) is 4.07. The van der Waals surface area contributed by atoms with Crippen LogP contribution >= 0.6 is 11.6 Å². The minimum atomic E-state index is 0.695. The maximum atomic E-state index is 5.83. The van der Waals surface area contributed by atoms with Crippen molar-refractivity contribution in [1.29, 1.82) is 0 Å². The van der Waals surface area contributed by atoms with Crippen LogP contribution in [0.4, 0.5) is 0 Å². The summed E-state index contributed by atoms with van der Waals surface area (Å²) in [6.45, 7) is 0. The molecule has 0 amide bonds. The molecule has 5 heteroatoms. The Balaban J connectivity index is 1.98. The smallest absolute Gasteiger partial charge is 0.155 e. The van der Waals surface area contributed by atoms with Gasteiger partial charge in [-0.3, -0.25) is 0 Å². The fraction of sp³-hybridized carbons (Fsp3) is 0. The minimum Gasteiger partial charge on any atom is -0.463 e. The molecule has 0 radical (unpaired) electrons. The second-order valence-electron chi connectivity index (χ2n) is 3.50. The van der Waals surface area contributed by atoms with Crippen molar-refractivity contribution < 1.29 is 4.42 Å². The molecule has 0 aliphatic rings. The molecule has 0 N–H and O–H groups in total. The third-order valence-electron chi connectivity index (χ3n) is 2.36. The van der Waals surface area contributed by atoms with Gasteiger partial charge in [0.15, 0.2) is 5.76 Å². The predicted molar refractivity (Wildman–Crippen MR) is 64.1 cm³/mol. The molecule has 4 nitrogen and oxygen atoms in total. The Morgan fingerprint density at radius 2 is 1.94 bits per heavy atom. The van der Waals surface area contributed by atoms with E-state index >= 15 is 0 Å². The van der Waals surface area contributed by atoms with Crippen LogP contribution in [0.15, 0.2) is 53.3 Å². The first-order valence-electron chi connectivity index (χ1n) is 5.05. The number of hydrogen-bond donors (Lipinski definition) is 0. The number of furan rings is 1. The monoisotopic (exact) mass is 245 g/mol. The SMILES string of the molecule is Clc1ccc(-n2cc(-c3ccco3)nn2)cc1. The first kappa shape index (κ1) is 10.1. The number of aromatic nitrogens is 3. The van der Waals surface area contributed by atoms with Crippen molar-refractivity contribution in [3.05, 3.63) is 53.9 Å². The van der Waals surface area contributed by atoms with Gasteiger partial charge in [-0.25, -0.2) is 4.68 Å². The molecule has 0 fully saturated rings. The van der Waals surface area contributed by atoms with E-state index < -0.39 is 0 Å². The minimum absolute atomic E-state index is 0.695. The Labute approximate surface area is 102 Å². The van der Waals surface area contributed by atoms with Crippen LogP contribution in [0, 0.1) is 0 Å². The predicted octanol–water partition coefficient (Wildman–Crippen LogP) is 3.18. The average molecular weight is 246 g/mol. The maximum Gasteiger partial charge on any atom is 0.155 e. The number of nitrogens with zero attached hydrogens (tertiary/aromatic N) is 3. The van der Waals surface area contributed by atoms with Gasteiger partial charge < -0.3 is 4.42 Å². The fourth-order valence-electron chi connectivity index (χ4n) is 1.52. The van der Waals surface area contributed by atoms with Crippen LogP contribution < -0.4 is 0 Å². The van der Waals surface area contributed by atoms with E-state index in [0.717, 1.165) is 5.69 Å². The molecule has 2 aromatic heterocycles. The molecule has 0 spiro atoms. The van der Waals surface area contributed by atoms with Crippen molar-refractivity contribution in [3.8, 4) is 17.1 Å². The first-order chi connectivity index (χ1) is 8.33. The van der Waals surface area contributed by atoms with E-state index in [4.69, 9.17) is 16.0 Å². The topological polar surface area (TPSA) is 43.9 Å². The largest absolute Gasteiger partial charge is 0.463 e. The molecule has 2 heterocycles. The molecule has 1 aromatic carbocycles. The van der Waals surface area contributed by atoms with Gasteiger partial charge in [0.2, 0.25) is 0 Å². The third-order valence-corrected chi connectivity index (χ3v) is 2.61. The van der Waals surface area contributed by atoms with Crippen LogP contribution in [-0.2, 0) is 0 Å². The number of hydrogen-bond acceptors (Lipinski definition) is 3. The zero-order valence-electron chi connectivity index (χ0n) is 8.75. The number of rotatable bonds is 2. The Morgan fingerprint density at radius 3 is 2.65 bits per heavy atom. The van der Waals surface area contributed by atoms with Gasteiger partial charge in [0.1, 0.15) is 5.69 Å². The molecule has 0 saturated heterocycles. The average Bonchev–Trinajstić information content (AvgIpc) is 3.00. The van der Waals surface area contributed by atoms with Gasteiger partial charge in [0.25, 0.3) is 0 Å². The Bertz CT molecular complexity index is 614. The lowest BCUT2D eigenvalue weighted by molar-refractivity contribution is 0.580. The van der Waals surface area contributed by atoms with Gasteiger partial charge >= 0.3 is 0 Å². The van der Waals surface area contributed by atoms with Crippen LogP contribution in [-0.4, -0.2) is 15.0 Å². The molecule has 3 aromatic rings. The van der Waals surface area contributed by atoms with Crippen molar-refractivity contribution in [2.24, 2.45) is 0 Å². The summed E-state index contributed by atoms with van der Waals surface area (Å²) >= 11 is 5.83. The summed E-state index contributed by atoms with van der Waals surface area (Å²) in [5.41, 5.74) is 1.60. The van der Waals surface area contributed by atoms with E-state index in [2.05, 4.69) is 10.3 Å². The molecule has 17 heavy (non-hydrogen) atoms. The second-order valence-corrected chi connectivity index (χ2v) is 3.94. The van der Waals surface area contributed by atoms with E-state index in [0.29, 0.717) is 16.5 Å². The van der Waals surface area contributed by atoms with Crippen molar-refractivity contribution >= 4 is 11.6 Å². The molecular formula is C12H8ClN3O. The zero-order valence-corrected chi connectivity index (χ0v) is 9.50. The highest BCUT2D eigenvalue weighted by molar-refractivity contribution is 6.30. The lowest BCUT2D eigenvalue weighted by Gasteiger charge is -1.98. The first-order valence-corrected chi connectivity index (χ1v) is 5.43. The summed E-state index contributed by atoms with van der Waals surface area (Å²) in [6.07, 6.45) is 3.42. The third kappa shape index (κ3) is 1.94. The molecule has 0 aliphatic heterocycles. The van der Waals surface area contributed by atoms with E-state index in [1.807, 2.05) is 42.6 Å². The van der Waals surface area contributed by atoms with E-state index in [9.17, 15) is 0 Å². The summed E-state index contributed by atoms with van der Waals surface area (Å²) in [6, 6.07) is 11.0. The molecule has 84 valence electrons. The van der Waals surface area contributed by atoms with Crippen LogP contribution in [0.1, 0.15) is 0 Å². The summed E-state index contributed by atoms with van der Waals surface area (Å²) in [5.74, 6) is 0.699. The van der Waals surface area contributed by atoms with Gasteiger partial charge in [-0.15, -0.1) is 5.10 Å². The molecular weight excluding hydrogens is 238 g/mol. The van der Waals surface area contributed by atoms with Gasteiger partial charge in [0.05, 0.1) is 18.1 Å². The highest BCUT2D eigenvalue weighted by Gasteiger charge is 2.07. The van der Waals surface area contributed by atoms with Crippen LogP contribution in [0.3, 0.4) is 0 Å². The van der Waals surface area contributed by atoms with Gasteiger partial charge in [-0.2, -0.15) is 0 Å². The lowest BCUT2D eigenvalue weighted by atomic mass is 10.3. The van der Waals surface area contributed by atoms with Crippen LogP contribution in [0.2, 0.25) is 5.02 Å². The van der Waals surface area contributed by atoms with Crippen molar-refractivity contribution in [3.63, 3.8) is 0 Å². The van der Waals surface area contributed by atoms with Crippen LogP contribution in [0.25, 0.3) is 17.1 Å². The van der Waals surface area contributed by atoms with Crippen molar-refractivity contribution in [2.45, 2.75) is 0 Å². The molecule has 0 unspecified atom stereocenters. The lowest BCUT2D eigenvalue weighted by Crippen LogP contribution is -1.93. The summed E-state index contributed by atoms with van der Waals surface area (Å²) in [4.78, 5) is 0. The van der Waals surface area contributed by atoms with E-state index in [1.165, 1.54) is 0 Å². The standard InChI is InChI=1S/C12H8ClN3O/c13-9-3-5-10(6-4-9)16-8-11(14-15-16)12-2-1-7-17-12/h1-8H. The fourth-order valence-corrected chi connectivity index (χ4v) is 1.65. The summed E-state index contributed by atoms with van der Waals surface area (Å²) in [7, 11) is 0. The number of halogens is 1. The van der Waals surface area contributed by atoms with Crippen molar-refractivity contribution in [2.75, 3.05) is 0 Å². The van der Waals surface area contributed by atoms with Gasteiger partial charge in [-0.05, 0) is 36.4 Å². The van der Waals surface area contributed by atoms with Gasteiger partial charge in [0, 0.05) is 5.02 Å². The molecule has 0 aliphatic carbocycles. The Kier molecular flexibility index (Phi) is 2.42. The highest BCUT2D eigenvalue weighted by Crippen LogP contribution is 2.18. The Hall–Kier alpha value is -2.07. The van der Waals surface area contributed by atoms with Gasteiger partial charge in [-0.1, -0.05) is 16.8 Å². The summed E-state index contributed by atoms with van der Waals surface area (Å²) < 4.78 is 6.93. The maximum absolute atomic E-state index is 5.83. The van der Waals surface area contributed by atoms with E-state index in [-0.39, 0.29) is 0 Å². The van der Waals surface area contributed by atoms with Crippen LogP contribution in [0.5, 0.6) is 0 Å². The molecule has 0 saturated carbocycles. The normalized spacial score (nSPS) is 10.6. The number of benzene rings is 1.